The van der Waals surface area contributed by atoms with E-state index in [0.717, 1.165) is 24.6 Å². The van der Waals surface area contributed by atoms with Gasteiger partial charge in [-0.3, -0.25) is 0 Å². The van der Waals surface area contributed by atoms with Crippen LogP contribution in [0.25, 0.3) is 39.4 Å². The quantitative estimate of drug-likeness (QED) is 0.174. The summed E-state index contributed by atoms with van der Waals surface area (Å²) in [6.07, 6.45) is -2.86. The molecule has 2 heterocycles. The van der Waals surface area contributed by atoms with Crippen LogP contribution >= 0.6 is 0 Å². The minimum atomic E-state index is -4.73. The number of aromatic nitrogens is 3. The Bertz CT molecular complexity index is 1950. The van der Waals surface area contributed by atoms with Crippen LogP contribution in [-0.4, -0.2) is 35.8 Å². The summed E-state index contributed by atoms with van der Waals surface area (Å²) >= 11 is 0. The zero-order valence-corrected chi connectivity index (χ0v) is 23.4. The second-order valence-electron chi connectivity index (χ2n) is 9.51. The maximum Gasteiger partial charge on any atom is 0.434 e. The standard InChI is InChI=1S/C29H21F6N3O4S/c1-15-36-25(29(33,34)35)14-38(15)23-10-8-18(17-5-4-6-20(11-17)43(3,39)40)12-21(23)26-27(41-16(2)37-26)19-7-9-22(30)24(13-19)42-28(31)32/h4-14,28H,1-3H3. The van der Waals surface area contributed by atoms with Crippen molar-refractivity contribution < 1.29 is 43.9 Å². The molecule has 5 aromatic rings. The Morgan fingerprint density at radius 2 is 1.63 bits per heavy atom. The largest absolute Gasteiger partial charge is 0.440 e. The number of halogens is 6. The molecule has 0 fully saturated rings. The van der Waals surface area contributed by atoms with Crippen LogP contribution in [0, 0.1) is 19.7 Å². The Labute approximate surface area is 241 Å². The van der Waals surface area contributed by atoms with Crippen LogP contribution < -0.4 is 4.74 Å². The summed E-state index contributed by atoms with van der Waals surface area (Å²) < 4.78 is 116. The van der Waals surface area contributed by atoms with Gasteiger partial charge in [0.1, 0.15) is 11.5 Å². The Morgan fingerprint density at radius 1 is 0.930 bits per heavy atom. The molecule has 43 heavy (non-hydrogen) atoms. The fraction of sp³-hybridized carbons (Fsp3) is 0.172. The summed E-state index contributed by atoms with van der Waals surface area (Å²) in [7, 11) is -3.56. The van der Waals surface area contributed by atoms with Gasteiger partial charge in [-0.15, -0.1) is 0 Å². The van der Waals surface area contributed by atoms with Gasteiger partial charge >= 0.3 is 12.8 Å². The van der Waals surface area contributed by atoms with Crippen molar-refractivity contribution in [2.24, 2.45) is 0 Å². The first-order valence-electron chi connectivity index (χ1n) is 12.4. The highest BCUT2D eigenvalue weighted by atomic mass is 32.2. The highest BCUT2D eigenvalue weighted by molar-refractivity contribution is 7.90. The fourth-order valence-corrected chi connectivity index (χ4v) is 5.18. The molecule has 224 valence electrons. The molecule has 0 saturated carbocycles. The lowest BCUT2D eigenvalue weighted by atomic mass is 9.98. The van der Waals surface area contributed by atoms with E-state index in [1.54, 1.807) is 24.3 Å². The van der Waals surface area contributed by atoms with Gasteiger partial charge in [-0.2, -0.15) is 22.0 Å². The lowest BCUT2D eigenvalue weighted by Crippen LogP contribution is -2.05. The van der Waals surface area contributed by atoms with Crippen molar-refractivity contribution in [1.82, 2.24) is 14.5 Å². The first-order valence-corrected chi connectivity index (χ1v) is 14.3. The third-order valence-electron chi connectivity index (χ3n) is 6.42. The van der Waals surface area contributed by atoms with Crippen molar-refractivity contribution >= 4 is 9.84 Å². The van der Waals surface area contributed by atoms with Crippen molar-refractivity contribution in [1.29, 1.82) is 0 Å². The third kappa shape index (κ3) is 6.14. The van der Waals surface area contributed by atoms with Crippen LogP contribution in [0.4, 0.5) is 26.3 Å². The van der Waals surface area contributed by atoms with E-state index in [0.29, 0.717) is 11.1 Å². The molecule has 0 bridgehead atoms. The molecule has 14 heteroatoms. The lowest BCUT2D eigenvalue weighted by molar-refractivity contribution is -0.141. The summed E-state index contributed by atoms with van der Waals surface area (Å²) in [6, 6.07) is 13.9. The zero-order chi connectivity index (χ0) is 31.3. The van der Waals surface area contributed by atoms with Crippen LogP contribution in [0.1, 0.15) is 17.4 Å². The maximum atomic E-state index is 14.2. The third-order valence-corrected chi connectivity index (χ3v) is 7.53. The van der Waals surface area contributed by atoms with Crippen molar-refractivity contribution in [3.63, 3.8) is 0 Å². The summed E-state index contributed by atoms with van der Waals surface area (Å²) in [5.74, 6) is -1.70. The Kier molecular flexibility index (Phi) is 7.59. The van der Waals surface area contributed by atoms with E-state index in [9.17, 15) is 34.8 Å². The van der Waals surface area contributed by atoms with Crippen LogP contribution in [0.5, 0.6) is 5.75 Å². The predicted octanol–water partition coefficient (Wildman–Crippen LogP) is 7.64. The van der Waals surface area contributed by atoms with Crippen molar-refractivity contribution in [2.45, 2.75) is 31.5 Å². The monoisotopic (exact) mass is 621 g/mol. The second-order valence-corrected chi connectivity index (χ2v) is 11.5. The molecule has 3 aromatic carbocycles. The minimum Gasteiger partial charge on any atom is -0.440 e. The lowest BCUT2D eigenvalue weighted by Gasteiger charge is -2.14. The first kappa shape index (κ1) is 29.9. The van der Waals surface area contributed by atoms with Crippen molar-refractivity contribution in [2.75, 3.05) is 6.26 Å². The number of oxazole rings is 1. The number of ether oxygens (including phenoxy) is 1. The molecule has 7 nitrogen and oxygen atoms in total. The van der Waals surface area contributed by atoms with Gasteiger partial charge in [-0.05, 0) is 60.5 Å². The van der Waals surface area contributed by atoms with Crippen molar-refractivity contribution in [3.05, 3.63) is 90.1 Å². The fourth-order valence-electron chi connectivity index (χ4n) is 4.51. The average molecular weight is 622 g/mol. The average Bonchev–Trinajstić information content (AvgIpc) is 3.51. The van der Waals surface area contributed by atoms with Crippen LogP contribution in [-0.2, 0) is 16.0 Å². The molecule has 0 radical (unpaired) electrons. The summed E-state index contributed by atoms with van der Waals surface area (Å²) in [5.41, 5.74) is 0.431. The number of aryl methyl sites for hydroxylation is 2. The number of benzene rings is 3. The van der Waals surface area contributed by atoms with Gasteiger partial charge in [0.15, 0.2) is 38.7 Å². The number of hydrogen-bond acceptors (Lipinski definition) is 6. The summed E-state index contributed by atoms with van der Waals surface area (Å²) in [5, 5.41) is 0. The molecule has 5 rings (SSSR count). The SMILES string of the molecule is Cc1nc(-c2cc(-c3cccc(S(C)(=O)=O)c3)ccc2-n2cc(C(F)(F)F)nc2C)c(-c2ccc(F)c(OC(F)F)c2)o1. The smallest absolute Gasteiger partial charge is 0.434 e. The number of rotatable bonds is 7. The number of alkyl halides is 5. The van der Waals surface area contributed by atoms with E-state index in [4.69, 9.17) is 4.42 Å². The van der Waals surface area contributed by atoms with E-state index in [1.807, 2.05) is 0 Å². The molecule has 0 atom stereocenters. The van der Waals surface area contributed by atoms with Crippen LogP contribution in [0.15, 0.2) is 76.2 Å². The number of imidazole rings is 1. The van der Waals surface area contributed by atoms with E-state index >= 15 is 0 Å². The zero-order valence-electron chi connectivity index (χ0n) is 22.6. The van der Waals surface area contributed by atoms with E-state index in [2.05, 4.69) is 14.7 Å². The van der Waals surface area contributed by atoms with E-state index < -0.39 is 39.9 Å². The maximum absolute atomic E-state index is 14.2. The molecule has 0 N–H and O–H groups in total. The van der Waals surface area contributed by atoms with Crippen molar-refractivity contribution in [3.8, 4) is 45.1 Å². The van der Waals surface area contributed by atoms with Gasteiger partial charge in [-0.25, -0.2) is 22.8 Å². The van der Waals surface area contributed by atoms with Gasteiger partial charge in [0, 0.05) is 30.5 Å². The first-order chi connectivity index (χ1) is 20.1. The second kappa shape index (κ2) is 10.9. The predicted molar refractivity (Wildman–Crippen MR) is 144 cm³/mol. The highest BCUT2D eigenvalue weighted by Crippen LogP contribution is 2.40. The van der Waals surface area contributed by atoms with Gasteiger partial charge in [-0.1, -0.05) is 18.2 Å². The van der Waals surface area contributed by atoms with E-state index in [-0.39, 0.29) is 44.9 Å². The number of sulfone groups is 1. The molecule has 2 aromatic heterocycles. The Morgan fingerprint density at radius 3 is 2.28 bits per heavy atom. The van der Waals surface area contributed by atoms with Gasteiger partial charge in [0.05, 0.1) is 10.6 Å². The molecule has 0 amide bonds. The molecule has 0 aliphatic heterocycles. The van der Waals surface area contributed by atoms with Gasteiger partial charge in [0.2, 0.25) is 0 Å². The Balaban J connectivity index is 1.77. The highest BCUT2D eigenvalue weighted by Gasteiger charge is 2.35. The van der Waals surface area contributed by atoms with Crippen LogP contribution in [0.2, 0.25) is 0 Å². The van der Waals surface area contributed by atoms with Gasteiger partial charge in [0.25, 0.3) is 0 Å². The minimum absolute atomic E-state index is 0.00318. The molecule has 0 unspecified atom stereocenters. The molecule has 0 aliphatic rings. The Hall–Kier alpha value is -4.59. The molecular formula is C29H21F6N3O4S. The summed E-state index contributed by atoms with van der Waals surface area (Å²) in [6.45, 7) is -0.430. The van der Waals surface area contributed by atoms with E-state index in [1.165, 1.54) is 42.7 Å². The number of nitrogens with zero attached hydrogens (tertiary/aromatic N) is 3. The topological polar surface area (TPSA) is 87.2 Å². The molecule has 0 saturated heterocycles. The number of hydrogen-bond donors (Lipinski definition) is 0. The summed E-state index contributed by atoms with van der Waals surface area (Å²) in [4.78, 5) is 8.13. The molecule has 0 spiro atoms. The van der Waals surface area contributed by atoms with Crippen LogP contribution in [0.3, 0.4) is 0 Å². The molecule has 0 aliphatic carbocycles. The molecular weight excluding hydrogens is 600 g/mol. The normalized spacial score (nSPS) is 12.2. The van der Waals surface area contributed by atoms with Gasteiger partial charge < -0.3 is 13.7 Å².